The predicted molar refractivity (Wildman–Crippen MR) is 89.9 cm³/mol. The maximum Gasteiger partial charge on any atom is 0.275 e. The highest BCUT2D eigenvalue weighted by Gasteiger charge is 2.19. The Balaban J connectivity index is 1.45. The van der Waals surface area contributed by atoms with E-state index >= 15 is 0 Å². The van der Waals surface area contributed by atoms with Gasteiger partial charge in [-0.2, -0.15) is 4.39 Å². The molecule has 0 saturated carbocycles. The van der Waals surface area contributed by atoms with Crippen LogP contribution in [0, 0.1) is 5.95 Å². The van der Waals surface area contributed by atoms with Crippen molar-refractivity contribution in [3.63, 3.8) is 0 Å². The van der Waals surface area contributed by atoms with Crippen molar-refractivity contribution < 1.29 is 9.18 Å². The van der Waals surface area contributed by atoms with Crippen molar-refractivity contribution in [2.45, 2.75) is 19.4 Å². The number of hydrogen-bond donors (Lipinski definition) is 1. The van der Waals surface area contributed by atoms with Crippen LogP contribution in [0.2, 0.25) is 0 Å². The zero-order valence-corrected chi connectivity index (χ0v) is 13.7. The maximum absolute atomic E-state index is 14.2. The second kappa shape index (κ2) is 6.20. The molecule has 1 aliphatic rings. The van der Waals surface area contributed by atoms with Crippen LogP contribution in [0.1, 0.15) is 29.0 Å². The quantitative estimate of drug-likeness (QED) is 0.789. The number of nitrogens with one attached hydrogen (secondary N) is 1. The first-order valence-electron chi connectivity index (χ1n) is 7.82. The molecule has 3 aromatic rings. The molecule has 6 nitrogen and oxygen atoms in total. The van der Waals surface area contributed by atoms with E-state index in [9.17, 15) is 9.18 Å². The summed E-state index contributed by atoms with van der Waals surface area (Å²) in [6.07, 6.45) is 3.93. The summed E-state index contributed by atoms with van der Waals surface area (Å²) in [7, 11) is 0. The number of rotatable bonds is 4. The van der Waals surface area contributed by atoms with E-state index in [2.05, 4.69) is 20.2 Å². The van der Waals surface area contributed by atoms with Gasteiger partial charge in [0.25, 0.3) is 5.91 Å². The summed E-state index contributed by atoms with van der Waals surface area (Å²) in [6.45, 7) is 2.33. The Morgan fingerprint density at radius 2 is 2.12 bits per heavy atom. The van der Waals surface area contributed by atoms with Gasteiger partial charge >= 0.3 is 0 Å². The molecule has 4 heterocycles. The largest absolute Gasteiger partial charge is 0.348 e. The van der Waals surface area contributed by atoms with Crippen LogP contribution in [0.4, 0.5) is 9.52 Å². The third-order valence-corrected chi connectivity index (χ3v) is 4.98. The van der Waals surface area contributed by atoms with Gasteiger partial charge in [-0.15, -0.1) is 11.3 Å². The zero-order valence-electron chi connectivity index (χ0n) is 12.9. The average Bonchev–Trinajstić information content (AvgIpc) is 3.33. The van der Waals surface area contributed by atoms with Gasteiger partial charge in [-0.05, 0) is 25.0 Å². The van der Waals surface area contributed by atoms with Crippen molar-refractivity contribution in [2.24, 2.45) is 0 Å². The van der Waals surface area contributed by atoms with Gasteiger partial charge in [0.05, 0.1) is 12.2 Å². The fourth-order valence-corrected chi connectivity index (χ4v) is 3.68. The summed E-state index contributed by atoms with van der Waals surface area (Å²) >= 11 is 1.57. The lowest BCUT2D eigenvalue weighted by Gasteiger charge is -2.12. The number of carbonyl (C=O) groups excluding carboxylic acids is 1. The van der Waals surface area contributed by atoms with Crippen LogP contribution in [0.15, 0.2) is 29.8 Å². The molecule has 3 aromatic heterocycles. The third-order valence-electron chi connectivity index (χ3n) is 4.03. The average molecular weight is 345 g/mol. The zero-order chi connectivity index (χ0) is 16.5. The van der Waals surface area contributed by atoms with Gasteiger partial charge in [0, 0.05) is 24.7 Å². The molecule has 124 valence electrons. The number of carbonyl (C=O) groups is 1. The number of fused-ring (bicyclic) bond motifs is 1. The van der Waals surface area contributed by atoms with Crippen molar-refractivity contribution >= 4 is 28.0 Å². The Hall–Kier alpha value is -2.48. The molecule has 0 aliphatic carbocycles. The number of nitrogens with zero attached hydrogens (tertiary/aromatic N) is 4. The second-order valence-electron chi connectivity index (χ2n) is 5.68. The molecule has 1 amide bonds. The van der Waals surface area contributed by atoms with Gasteiger partial charge in [0.15, 0.2) is 10.8 Å². The van der Waals surface area contributed by atoms with Crippen LogP contribution in [-0.2, 0) is 6.54 Å². The van der Waals surface area contributed by atoms with E-state index in [4.69, 9.17) is 0 Å². The number of anilines is 1. The highest BCUT2D eigenvalue weighted by Crippen LogP contribution is 2.24. The molecule has 24 heavy (non-hydrogen) atoms. The molecule has 8 heteroatoms. The van der Waals surface area contributed by atoms with Crippen LogP contribution in [-0.4, -0.2) is 33.4 Å². The first kappa shape index (κ1) is 15.1. The molecule has 1 aliphatic heterocycles. The van der Waals surface area contributed by atoms with Crippen LogP contribution in [0.5, 0.6) is 0 Å². The lowest BCUT2D eigenvalue weighted by atomic mass is 10.4. The molecule has 0 aromatic carbocycles. The standard InChI is InChI=1S/C16H16FN5OS/c17-14-13(20-12-5-1-2-8-22(12)14)15(23)18-9-11-10-24-16(19-11)21-6-3-4-7-21/h1-2,5,8,10H,3-4,6-7,9H2,(H,18,23). The van der Waals surface area contributed by atoms with E-state index in [0.717, 1.165) is 23.9 Å². The molecule has 0 atom stereocenters. The van der Waals surface area contributed by atoms with Crippen LogP contribution in [0.3, 0.4) is 0 Å². The van der Waals surface area contributed by atoms with E-state index in [1.165, 1.54) is 23.4 Å². The number of aromatic nitrogens is 3. The maximum atomic E-state index is 14.2. The second-order valence-corrected chi connectivity index (χ2v) is 6.51. The van der Waals surface area contributed by atoms with E-state index in [1.54, 1.807) is 29.5 Å². The lowest BCUT2D eigenvalue weighted by molar-refractivity contribution is 0.0941. The van der Waals surface area contributed by atoms with Crippen LogP contribution in [0.25, 0.3) is 5.65 Å². The highest BCUT2D eigenvalue weighted by atomic mass is 32.1. The molecular weight excluding hydrogens is 329 g/mol. The molecule has 1 fully saturated rings. The summed E-state index contributed by atoms with van der Waals surface area (Å²) < 4.78 is 15.5. The van der Waals surface area contributed by atoms with Crippen molar-refractivity contribution in [1.82, 2.24) is 19.7 Å². The summed E-state index contributed by atoms with van der Waals surface area (Å²) in [5, 5.41) is 5.60. The topological polar surface area (TPSA) is 62.5 Å². The first-order chi connectivity index (χ1) is 11.7. The van der Waals surface area contributed by atoms with Crippen LogP contribution < -0.4 is 10.2 Å². The predicted octanol–water partition coefficient (Wildman–Crippen LogP) is 2.46. The summed E-state index contributed by atoms with van der Waals surface area (Å²) in [6, 6.07) is 5.09. The first-order valence-corrected chi connectivity index (χ1v) is 8.70. The number of imidazole rings is 1. The number of thiazole rings is 1. The molecule has 0 unspecified atom stereocenters. The van der Waals surface area contributed by atoms with E-state index < -0.39 is 11.9 Å². The SMILES string of the molecule is O=C(NCc1csc(N2CCCC2)n1)c1nc2ccccn2c1F. The van der Waals surface area contributed by atoms with Crippen molar-refractivity contribution in [2.75, 3.05) is 18.0 Å². The Labute approximate surface area is 142 Å². The van der Waals surface area contributed by atoms with Gasteiger partial charge in [-0.1, -0.05) is 6.07 Å². The Morgan fingerprint density at radius 3 is 2.92 bits per heavy atom. The van der Waals surface area contributed by atoms with Gasteiger partial charge < -0.3 is 10.2 Å². The summed E-state index contributed by atoms with van der Waals surface area (Å²) in [5.74, 6) is -1.19. The van der Waals surface area contributed by atoms with Crippen molar-refractivity contribution in [3.8, 4) is 0 Å². The molecule has 4 rings (SSSR count). The molecule has 0 spiro atoms. The molecule has 1 N–H and O–H groups in total. The smallest absolute Gasteiger partial charge is 0.275 e. The van der Waals surface area contributed by atoms with Gasteiger partial charge in [-0.25, -0.2) is 9.97 Å². The Bertz CT molecular complexity index is 884. The summed E-state index contributed by atoms with van der Waals surface area (Å²) in [4.78, 5) is 23.0. The lowest BCUT2D eigenvalue weighted by Crippen LogP contribution is -2.24. The summed E-state index contributed by atoms with van der Waals surface area (Å²) in [5.41, 5.74) is 0.987. The van der Waals surface area contributed by atoms with Crippen LogP contribution >= 0.6 is 11.3 Å². The number of amides is 1. The number of hydrogen-bond acceptors (Lipinski definition) is 5. The number of halogens is 1. The minimum Gasteiger partial charge on any atom is -0.348 e. The van der Waals surface area contributed by atoms with Crippen molar-refractivity contribution in [1.29, 1.82) is 0 Å². The third kappa shape index (κ3) is 2.73. The van der Waals surface area contributed by atoms with Gasteiger partial charge in [0.2, 0.25) is 5.95 Å². The highest BCUT2D eigenvalue weighted by molar-refractivity contribution is 7.13. The molecule has 0 radical (unpaired) electrons. The fraction of sp³-hybridized carbons (Fsp3) is 0.312. The van der Waals surface area contributed by atoms with E-state index in [-0.39, 0.29) is 12.2 Å². The van der Waals surface area contributed by atoms with E-state index in [1.807, 2.05) is 5.38 Å². The number of pyridine rings is 1. The Morgan fingerprint density at radius 1 is 1.29 bits per heavy atom. The monoisotopic (exact) mass is 345 g/mol. The Kier molecular flexibility index (Phi) is 3.89. The minimum atomic E-state index is -0.654. The van der Waals surface area contributed by atoms with Crippen molar-refractivity contribution in [3.05, 3.63) is 47.1 Å². The van der Waals surface area contributed by atoms with E-state index in [0.29, 0.717) is 5.65 Å². The van der Waals surface area contributed by atoms with Gasteiger partial charge in [-0.3, -0.25) is 9.20 Å². The molecule has 1 saturated heterocycles. The van der Waals surface area contributed by atoms with Gasteiger partial charge in [0.1, 0.15) is 5.65 Å². The normalized spacial score (nSPS) is 14.5. The fourth-order valence-electron chi connectivity index (χ4n) is 2.80. The molecular formula is C16H16FN5OS. The minimum absolute atomic E-state index is 0.198. The molecule has 0 bridgehead atoms.